The number of carbonyl (C=O) groups excluding carboxylic acids is 1. The van der Waals surface area contributed by atoms with Crippen molar-refractivity contribution in [3.8, 4) is 0 Å². The molecule has 1 atom stereocenters. The number of aryl methyl sites for hydroxylation is 2. The summed E-state index contributed by atoms with van der Waals surface area (Å²) in [5, 5.41) is 0. The van der Waals surface area contributed by atoms with Crippen molar-refractivity contribution in [1.82, 2.24) is 0 Å². The van der Waals surface area contributed by atoms with E-state index in [-0.39, 0.29) is 12.1 Å². The van der Waals surface area contributed by atoms with Gasteiger partial charge >= 0.3 is 6.09 Å². The van der Waals surface area contributed by atoms with Crippen molar-refractivity contribution in [2.45, 2.75) is 52.2 Å². The Bertz CT molecular complexity index is 506. The van der Waals surface area contributed by atoms with Crippen molar-refractivity contribution in [2.75, 3.05) is 11.4 Å². The molecule has 0 saturated carbocycles. The molecule has 1 amide bonds. The zero-order valence-corrected chi connectivity index (χ0v) is 12.8. The largest absolute Gasteiger partial charge is 0.443 e. The third kappa shape index (κ3) is 3.12. The topological polar surface area (TPSA) is 55.6 Å². The Morgan fingerprint density at radius 2 is 2.15 bits per heavy atom. The second-order valence-corrected chi connectivity index (χ2v) is 6.41. The van der Waals surface area contributed by atoms with E-state index in [0.717, 1.165) is 18.5 Å². The fourth-order valence-corrected chi connectivity index (χ4v) is 2.58. The molecule has 0 spiro atoms. The maximum Gasteiger partial charge on any atom is 0.415 e. The lowest BCUT2D eigenvalue weighted by molar-refractivity contribution is 0.0561. The Morgan fingerprint density at radius 3 is 2.75 bits per heavy atom. The summed E-state index contributed by atoms with van der Waals surface area (Å²) in [4.78, 5) is 14.2. The number of ether oxygens (including phenoxy) is 1. The molecule has 2 N–H and O–H groups in total. The third-order valence-corrected chi connectivity index (χ3v) is 3.47. The summed E-state index contributed by atoms with van der Waals surface area (Å²) < 4.78 is 5.53. The van der Waals surface area contributed by atoms with Crippen LogP contribution in [0, 0.1) is 6.92 Å². The molecular weight excluding hydrogens is 252 g/mol. The number of amides is 1. The molecule has 1 aliphatic rings. The van der Waals surface area contributed by atoms with Crippen molar-refractivity contribution in [3.05, 3.63) is 29.3 Å². The number of benzene rings is 1. The molecule has 2 rings (SSSR count). The molecule has 0 radical (unpaired) electrons. The number of fused-ring (bicyclic) bond motifs is 1. The van der Waals surface area contributed by atoms with Gasteiger partial charge in [0.25, 0.3) is 0 Å². The van der Waals surface area contributed by atoms with Gasteiger partial charge in [-0.1, -0.05) is 17.7 Å². The van der Waals surface area contributed by atoms with Gasteiger partial charge in [0.05, 0.1) is 11.7 Å². The normalized spacial score (nSPS) is 18.6. The summed E-state index contributed by atoms with van der Waals surface area (Å²) in [6, 6.07) is 6.17. The number of rotatable bonds is 1. The lowest BCUT2D eigenvalue weighted by atomic mass is 9.95. The molecule has 1 aromatic carbocycles. The van der Waals surface area contributed by atoms with Gasteiger partial charge in [0, 0.05) is 6.54 Å². The Labute approximate surface area is 120 Å². The van der Waals surface area contributed by atoms with Crippen LogP contribution in [0.15, 0.2) is 18.2 Å². The molecule has 110 valence electrons. The van der Waals surface area contributed by atoms with Gasteiger partial charge in [0.1, 0.15) is 5.60 Å². The van der Waals surface area contributed by atoms with E-state index in [4.69, 9.17) is 10.5 Å². The van der Waals surface area contributed by atoms with Crippen molar-refractivity contribution < 1.29 is 9.53 Å². The molecule has 20 heavy (non-hydrogen) atoms. The summed E-state index contributed by atoms with van der Waals surface area (Å²) in [6.45, 7) is 8.15. The highest BCUT2D eigenvalue weighted by atomic mass is 16.6. The number of carbonyl (C=O) groups is 1. The number of hydrogen-bond acceptors (Lipinski definition) is 3. The summed E-state index contributed by atoms with van der Waals surface area (Å²) >= 11 is 0. The van der Waals surface area contributed by atoms with Gasteiger partial charge in [-0.25, -0.2) is 4.79 Å². The molecule has 4 nitrogen and oxygen atoms in total. The van der Waals surface area contributed by atoms with E-state index in [2.05, 4.69) is 13.0 Å². The number of nitrogens with two attached hydrogens (primary N) is 1. The first-order valence-electron chi connectivity index (χ1n) is 7.13. The van der Waals surface area contributed by atoms with Gasteiger partial charge in [-0.2, -0.15) is 0 Å². The average Bonchev–Trinajstić information content (AvgIpc) is 2.34. The zero-order valence-electron chi connectivity index (χ0n) is 12.8. The molecule has 0 aliphatic carbocycles. The molecule has 1 aromatic rings. The lowest BCUT2D eigenvalue weighted by Gasteiger charge is -2.37. The Morgan fingerprint density at radius 1 is 1.45 bits per heavy atom. The number of nitrogens with zero attached hydrogens (tertiary/aromatic N) is 1. The number of hydrogen-bond donors (Lipinski definition) is 1. The maximum atomic E-state index is 12.5. The van der Waals surface area contributed by atoms with Gasteiger partial charge in [-0.15, -0.1) is 0 Å². The minimum Gasteiger partial charge on any atom is -0.443 e. The van der Waals surface area contributed by atoms with Crippen LogP contribution in [0.4, 0.5) is 10.5 Å². The van der Waals surface area contributed by atoms with Crippen molar-refractivity contribution in [3.63, 3.8) is 0 Å². The van der Waals surface area contributed by atoms with Crippen LogP contribution in [0.1, 0.15) is 38.3 Å². The van der Waals surface area contributed by atoms with E-state index in [9.17, 15) is 4.79 Å². The van der Waals surface area contributed by atoms with Gasteiger partial charge < -0.3 is 10.5 Å². The summed E-state index contributed by atoms with van der Waals surface area (Å²) in [7, 11) is 0. The summed E-state index contributed by atoms with van der Waals surface area (Å²) in [5.74, 6) is 0. The molecule has 4 heteroatoms. The highest BCUT2D eigenvalue weighted by Crippen LogP contribution is 2.32. The van der Waals surface area contributed by atoms with E-state index >= 15 is 0 Å². The van der Waals surface area contributed by atoms with Gasteiger partial charge in [-0.3, -0.25) is 4.90 Å². The smallest absolute Gasteiger partial charge is 0.415 e. The van der Waals surface area contributed by atoms with Crippen LogP contribution in [0.3, 0.4) is 0 Å². The minimum atomic E-state index is -0.501. The predicted octanol–water partition coefficient (Wildman–Crippen LogP) is 3.01. The molecule has 0 fully saturated rings. The first-order chi connectivity index (χ1) is 9.31. The van der Waals surface area contributed by atoms with Crippen molar-refractivity contribution >= 4 is 11.8 Å². The van der Waals surface area contributed by atoms with Crippen LogP contribution in [0.2, 0.25) is 0 Å². The Hall–Kier alpha value is -1.55. The molecule has 0 saturated heterocycles. The van der Waals surface area contributed by atoms with Gasteiger partial charge in [-0.05, 0) is 52.2 Å². The van der Waals surface area contributed by atoms with E-state index in [1.807, 2.05) is 32.9 Å². The second-order valence-electron chi connectivity index (χ2n) is 6.41. The summed E-state index contributed by atoms with van der Waals surface area (Å²) in [5.41, 5.74) is 8.67. The van der Waals surface area contributed by atoms with Crippen LogP contribution >= 0.6 is 0 Å². The molecule has 1 heterocycles. The van der Waals surface area contributed by atoms with E-state index in [1.165, 1.54) is 11.1 Å². The molecule has 0 unspecified atom stereocenters. The highest BCUT2D eigenvalue weighted by molar-refractivity contribution is 5.90. The summed E-state index contributed by atoms with van der Waals surface area (Å²) in [6.07, 6.45) is 1.53. The van der Waals surface area contributed by atoms with Crippen LogP contribution in [0.25, 0.3) is 0 Å². The molecular formula is C16H24N2O2. The highest BCUT2D eigenvalue weighted by Gasteiger charge is 2.33. The standard InChI is InChI=1S/C16H24N2O2/c1-11-5-8-14-12(9-11)6-7-13(10-17)18(14)15(19)20-16(2,3)4/h5,8-9,13H,6-7,10,17H2,1-4H3/t13-/m1/s1. The predicted molar refractivity (Wildman–Crippen MR) is 81.1 cm³/mol. The van der Waals surface area contributed by atoms with Gasteiger partial charge in [0.2, 0.25) is 0 Å². The van der Waals surface area contributed by atoms with E-state index in [0.29, 0.717) is 6.54 Å². The Balaban J connectivity index is 2.35. The van der Waals surface area contributed by atoms with Gasteiger partial charge in [0.15, 0.2) is 0 Å². The van der Waals surface area contributed by atoms with Crippen LogP contribution in [-0.2, 0) is 11.2 Å². The number of anilines is 1. The zero-order chi connectivity index (χ0) is 14.9. The average molecular weight is 276 g/mol. The van der Waals surface area contributed by atoms with Crippen molar-refractivity contribution in [1.29, 1.82) is 0 Å². The fraction of sp³-hybridized carbons (Fsp3) is 0.562. The van der Waals surface area contributed by atoms with Crippen LogP contribution in [0.5, 0.6) is 0 Å². The monoisotopic (exact) mass is 276 g/mol. The molecule has 0 aromatic heterocycles. The molecule has 0 bridgehead atoms. The van der Waals surface area contributed by atoms with Crippen molar-refractivity contribution in [2.24, 2.45) is 5.73 Å². The first kappa shape index (κ1) is 14.9. The third-order valence-electron chi connectivity index (χ3n) is 3.47. The quantitative estimate of drug-likeness (QED) is 0.858. The first-order valence-corrected chi connectivity index (χ1v) is 7.13. The van der Waals surface area contributed by atoms with E-state index in [1.54, 1.807) is 4.90 Å². The molecule has 1 aliphatic heterocycles. The fourth-order valence-electron chi connectivity index (χ4n) is 2.58. The second kappa shape index (κ2) is 5.44. The van der Waals surface area contributed by atoms with Crippen LogP contribution < -0.4 is 10.6 Å². The minimum absolute atomic E-state index is 0.0139. The van der Waals surface area contributed by atoms with Crippen LogP contribution in [-0.4, -0.2) is 24.3 Å². The maximum absolute atomic E-state index is 12.5. The lowest BCUT2D eigenvalue weighted by Crippen LogP contribution is -2.49. The van der Waals surface area contributed by atoms with E-state index < -0.39 is 5.60 Å². The Kier molecular flexibility index (Phi) is 4.04. The SMILES string of the molecule is Cc1ccc2c(c1)CC[C@H](CN)N2C(=O)OC(C)(C)C.